The van der Waals surface area contributed by atoms with Gasteiger partial charge in [-0.2, -0.15) is 31.2 Å². The summed E-state index contributed by atoms with van der Waals surface area (Å²) in [4.78, 5) is 0. The van der Waals surface area contributed by atoms with Crippen molar-refractivity contribution in [2.45, 2.75) is 24.7 Å². The van der Waals surface area contributed by atoms with E-state index in [1.54, 1.807) is 12.1 Å². The van der Waals surface area contributed by atoms with E-state index in [1.807, 2.05) is 48.5 Å². The molecule has 142 valence electrons. The third-order valence-corrected chi connectivity index (χ3v) is 4.75. The molecular weight excluding hydrogens is 372 g/mol. The quantitative estimate of drug-likeness (QED) is 0.631. The van der Waals surface area contributed by atoms with E-state index in [0.717, 1.165) is 22.3 Å². The predicted molar refractivity (Wildman–Crippen MR) is 108 cm³/mol. The second-order valence-electron chi connectivity index (χ2n) is 6.66. The molecular formula is C24H16N6. The SMILES string of the molecule is N#CCc1ccc(C(C#N)c2ccc(C(C#N)c3ccc(CC#N)cc3)nn2)cc1. The van der Waals surface area contributed by atoms with Crippen LogP contribution in [0.1, 0.15) is 45.5 Å². The zero-order valence-corrected chi connectivity index (χ0v) is 16.0. The van der Waals surface area contributed by atoms with Crippen LogP contribution in [-0.4, -0.2) is 10.2 Å². The van der Waals surface area contributed by atoms with Crippen molar-refractivity contribution in [2.24, 2.45) is 0 Å². The maximum absolute atomic E-state index is 9.63. The third-order valence-electron chi connectivity index (χ3n) is 4.75. The second kappa shape index (κ2) is 9.61. The van der Waals surface area contributed by atoms with Gasteiger partial charge in [0.2, 0.25) is 0 Å². The summed E-state index contributed by atoms with van der Waals surface area (Å²) in [5, 5.41) is 45.2. The average molecular weight is 388 g/mol. The maximum Gasteiger partial charge on any atom is 0.115 e. The highest BCUT2D eigenvalue weighted by Gasteiger charge is 2.19. The van der Waals surface area contributed by atoms with Gasteiger partial charge in [0.15, 0.2) is 0 Å². The van der Waals surface area contributed by atoms with Crippen molar-refractivity contribution >= 4 is 0 Å². The lowest BCUT2D eigenvalue weighted by Gasteiger charge is -2.12. The van der Waals surface area contributed by atoms with Crippen LogP contribution in [-0.2, 0) is 12.8 Å². The number of hydrogen-bond acceptors (Lipinski definition) is 6. The van der Waals surface area contributed by atoms with Crippen LogP contribution in [0.25, 0.3) is 0 Å². The van der Waals surface area contributed by atoms with Crippen molar-refractivity contribution in [3.05, 3.63) is 94.3 Å². The van der Waals surface area contributed by atoms with Gasteiger partial charge >= 0.3 is 0 Å². The number of benzene rings is 2. The van der Waals surface area contributed by atoms with Crippen LogP contribution >= 0.6 is 0 Å². The van der Waals surface area contributed by atoms with Gasteiger partial charge in [0, 0.05) is 0 Å². The highest BCUT2D eigenvalue weighted by atomic mass is 15.1. The summed E-state index contributed by atoms with van der Waals surface area (Å²) in [6.07, 6.45) is 0.637. The molecule has 0 aliphatic carbocycles. The lowest BCUT2D eigenvalue weighted by Crippen LogP contribution is -2.07. The van der Waals surface area contributed by atoms with Crippen molar-refractivity contribution in [1.29, 1.82) is 21.0 Å². The molecule has 6 nitrogen and oxygen atoms in total. The third kappa shape index (κ3) is 4.48. The molecule has 0 N–H and O–H groups in total. The van der Waals surface area contributed by atoms with Crippen LogP contribution in [0.3, 0.4) is 0 Å². The number of nitriles is 4. The van der Waals surface area contributed by atoms with Crippen molar-refractivity contribution in [1.82, 2.24) is 10.2 Å². The Bertz CT molecular complexity index is 1070. The summed E-state index contributed by atoms with van der Waals surface area (Å²) in [5.41, 5.74) is 4.30. The van der Waals surface area contributed by atoms with E-state index in [9.17, 15) is 10.5 Å². The number of rotatable bonds is 6. The average Bonchev–Trinajstić information content (AvgIpc) is 2.78. The zero-order chi connectivity index (χ0) is 21.3. The van der Waals surface area contributed by atoms with Crippen molar-refractivity contribution in [3.63, 3.8) is 0 Å². The molecule has 0 amide bonds. The van der Waals surface area contributed by atoms with Crippen molar-refractivity contribution < 1.29 is 0 Å². The van der Waals surface area contributed by atoms with E-state index in [0.29, 0.717) is 24.2 Å². The molecule has 3 rings (SSSR count). The molecule has 0 saturated carbocycles. The van der Waals surface area contributed by atoms with Gasteiger partial charge in [-0.25, -0.2) is 0 Å². The fraction of sp³-hybridized carbons (Fsp3) is 0.167. The first kappa shape index (κ1) is 20.2. The lowest BCUT2D eigenvalue weighted by molar-refractivity contribution is 0.825. The van der Waals surface area contributed by atoms with Crippen LogP contribution in [0, 0.1) is 45.3 Å². The Morgan fingerprint density at radius 2 is 0.933 bits per heavy atom. The predicted octanol–water partition coefficient (Wildman–Crippen LogP) is 3.92. The van der Waals surface area contributed by atoms with Gasteiger partial charge in [-0.1, -0.05) is 48.5 Å². The van der Waals surface area contributed by atoms with Crippen molar-refractivity contribution in [2.75, 3.05) is 0 Å². The van der Waals surface area contributed by atoms with E-state index in [2.05, 4.69) is 34.5 Å². The van der Waals surface area contributed by atoms with Crippen LogP contribution in [0.5, 0.6) is 0 Å². The van der Waals surface area contributed by atoms with Gasteiger partial charge in [-0.15, -0.1) is 0 Å². The Morgan fingerprint density at radius 3 is 1.20 bits per heavy atom. The second-order valence-corrected chi connectivity index (χ2v) is 6.66. The molecule has 2 aromatic carbocycles. The summed E-state index contributed by atoms with van der Waals surface area (Å²) in [7, 11) is 0. The minimum atomic E-state index is -0.589. The summed E-state index contributed by atoms with van der Waals surface area (Å²) in [5.74, 6) is -1.18. The molecule has 30 heavy (non-hydrogen) atoms. The number of hydrogen-bond donors (Lipinski definition) is 0. The Kier molecular flexibility index (Phi) is 6.48. The topological polar surface area (TPSA) is 121 Å². The minimum absolute atomic E-state index is 0.318. The highest BCUT2D eigenvalue weighted by Crippen LogP contribution is 2.26. The standard InChI is InChI=1S/C24H16N6/c25-13-11-17-1-5-19(6-2-17)21(15-27)23-9-10-24(30-29-23)22(16-28)20-7-3-18(4-8-20)12-14-26/h1-10,21-22H,11-12H2. The largest absolute Gasteiger partial charge is 0.198 e. The molecule has 2 unspecified atom stereocenters. The van der Waals surface area contributed by atoms with Gasteiger partial charge in [0.1, 0.15) is 11.8 Å². The fourth-order valence-corrected chi connectivity index (χ4v) is 3.12. The summed E-state index contributed by atoms with van der Waals surface area (Å²) < 4.78 is 0. The molecule has 0 aliphatic heterocycles. The number of nitrogens with zero attached hydrogens (tertiary/aromatic N) is 6. The lowest BCUT2D eigenvalue weighted by atomic mass is 9.93. The van der Waals surface area contributed by atoms with Gasteiger partial charge in [-0.05, 0) is 34.4 Å². The Balaban J connectivity index is 1.83. The van der Waals surface area contributed by atoms with Crippen LogP contribution in [0.2, 0.25) is 0 Å². The van der Waals surface area contributed by atoms with Gasteiger partial charge < -0.3 is 0 Å². The monoisotopic (exact) mass is 388 g/mol. The van der Waals surface area contributed by atoms with Crippen LogP contribution < -0.4 is 0 Å². The first-order valence-corrected chi connectivity index (χ1v) is 9.24. The molecule has 1 heterocycles. The van der Waals surface area contributed by atoms with Crippen LogP contribution in [0.15, 0.2) is 60.7 Å². The molecule has 0 bridgehead atoms. The normalized spacial score (nSPS) is 11.9. The molecule has 0 saturated heterocycles. The number of aromatic nitrogens is 2. The molecule has 0 aliphatic rings. The first-order chi connectivity index (χ1) is 14.7. The first-order valence-electron chi connectivity index (χ1n) is 9.24. The van der Waals surface area contributed by atoms with Gasteiger partial charge in [0.25, 0.3) is 0 Å². The summed E-state index contributed by atoms with van der Waals surface area (Å²) in [6, 6.07) is 26.7. The van der Waals surface area contributed by atoms with Gasteiger partial charge in [0.05, 0.1) is 48.5 Å². The van der Waals surface area contributed by atoms with E-state index in [-0.39, 0.29) is 0 Å². The van der Waals surface area contributed by atoms with E-state index >= 15 is 0 Å². The molecule has 0 fully saturated rings. The molecule has 1 aromatic heterocycles. The highest BCUT2D eigenvalue weighted by molar-refractivity contribution is 5.39. The van der Waals surface area contributed by atoms with Crippen molar-refractivity contribution in [3.8, 4) is 24.3 Å². The van der Waals surface area contributed by atoms with E-state index < -0.39 is 11.8 Å². The summed E-state index contributed by atoms with van der Waals surface area (Å²) in [6.45, 7) is 0. The minimum Gasteiger partial charge on any atom is -0.198 e. The Morgan fingerprint density at radius 1 is 0.567 bits per heavy atom. The van der Waals surface area contributed by atoms with Crippen LogP contribution in [0.4, 0.5) is 0 Å². The summed E-state index contributed by atoms with van der Waals surface area (Å²) >= 11 is 0. The molecule has 0 spiro atoms. The Labute approximate surface area is 174 Å². The zero-order valence-electron chi connectivity index (χ0n) is 16.0. The smallest absolute Gasteiger partial charge is 0.115 e. The van der Waals surface area contributed by atoms with Gasteiger partial charge in [-0.3, -0.25) is 0 Å². The molecule has 2 atom stereocenters. The van der Waals surface area contributed by atoms with E-state index in [1.165, 1.54) is 0 Å². The van der Waals surface area contributed by atoms with E-state index in [4.69, 9.17) is 10.5 Å². The molecule has 0 radical (unpaired) electrons. The molecule has 3 aromatic rings. The Hall–Kier alpha value is -4.52. The maximum atomic E-state index is 9.63. The fourth-order valence-electron chi connectivity index (χ4n) is 3.12. The molecule has 6 heteroatoms.